The quantitative estimate of drug-likeness (QED) is 0.726. The van der Waals surface area contributed by atoms with E-state index in [1.807, 2.05) is 7.05 Å². The Balaban J connectivity index is 2.02. The molecule has 0 bridgehead atoms. The largest absolute Gasteiger partial charge is 0.433 e. The third-order valence-corrected chi connectivity index (χ3v) is 3.63. The molecule has 0 aliphatic rings. The van der Waals surface area contributed by atoms with Gasteiger partial charge in [-0.2, -0.15) is 13.2 Å². The lowest BCUT2D eigenvalue weighted by molar-refractivity contribution is -0.141. The standard InChI is InChI=1S/C16H15F3N6/c1-24-8-7-21-14(24)10-25(2)13-9-12(16(17,18)19)22-15(23-13)11-3-5-20-6-4-11/h3-9H,10H2,1-2H3. The molecule has 0 saturated carbocycles. The van der Waals surface area contributed by atoms with Crippen molar-refractivity contribution in [3.05, 3.63) is 54.5 Å². The Morgan fingerprint density at radius 1 is 1.12 bits per heavy atom. The number of hydrogen-bond acceptors (Lipinski definition) is 5. The van der Waals surface area contributed by atoms with Gasteiger partial charge in [0, 0.05) is 50.5 Å². The van der Waals surface area contributed by atoms with Crippen molar-refractivity contribution in [3.63, 3.8) is 0 Å². The van der Waals surface area contributed by atoms with Gasteiger partial charge in [0.05, 0.1) is 6.54 Å². The third kappa shape index (κ3) is 3.76. The molecule has 3 aromatic rings. The number of aryl methyl sites for hydroxylation is 1. The molecule has 0 aliphatic heterocycles. The second-order valence-electron chi connectivity index (χ2n) is 5.48. The van der Waals surface area contributed by atoms with Gasteiger partial charge in [-0.1, -0.05) is 0 Å². The van der Waals surface area contributed by atoms with Crippen LogP contribution in [0.4, 0.5) is 19.0 Å². The van der Waals surface area contributed by atoms with E-state index in [1.54, 1.807) is 41.0 Å². The number of aromatic nitrogens is 5. The first-order valence-corrected chi connectivity index (χ1v) is 7.38. The molecule has 0 aromatic carbocycles. The second-order valence-corrected chi connectivity index (χ2v) is 5.48. The molecule has 0 spiro atoms. The minimum Gasteiger partial charge on any atom is -0.352 e. The van der Waals surface area contributed by atoms with Gasteiger partial charge in [0.2, 0.25) is 0 Å². The van der Waals surface area contributed by atoms with Gasteiger partial charge in [-0.05, 0) is 12.1 Å². The predicted molar refractivity (Wildman–Crippen MR) is 85.6 cm³/mol. The highest BCUT2D eigenvalue weighted by atomic mass is 19.4. The summed E-state index contributed by atoms with van der Waals surface area (Å²) in [6, 6.07) is 4.07. The van der Waals surface area contributed by atoms with E-state index in [4.69, 9.17) is 0 Å². The number of halogens is 3. The minimum atomic E-state index is -4.57. The van der Waals surface area contributed by atoms with Gasteiger partial charge >= 0.3 is 6.18 Å². The molecule has 3 heterocycles. The van der Waals surface area contributed by atoms with Crippen LogP contribution in [0.2, 0.25) is 0 Å². The van der Waals surface area contributed by atoms with Crippen LogP contribution in [-0.4, -0.2) is 31.6 Å². The molecule has 0 unspecified atom stereocenters. The summed E-state index contributed by atoms with van der Waals surface area (Å²) in [6.45, 7) is 0.313. The molecule has 0 aliphatic carbocycles. The monoisotopic (exact) mass is 348 g/mol. The first-order valence-electron chi connectivity index (χ1n) is 7.38. The summed E-state index contributed by atoms with van der Waals surface area (Å²) >= 11 is 0. The predicted octanol–water partition coefficient (Wildman–Crippen LogP) is 2.93. The lowest BCUT2D eigenvalue weighted by Gasteiger charge is -2.20. The lowest BCUT2D eigenvalue weighted by Crippen LogP contribution is -2.22. The average Bonchev–Trinajstić information content (AvgIpc) is 2.99. The summed E-state index contributed by atoms with van der Waals surface area (Å²) in [5.41, 5.74) is -0.524. The smallest absolute Gasteiger partial charge is 0.352 e. The van der Waals surface area contributed by atoms with Gasteiger partial charge in [-0.15, -0.1) is 0 Å². The van der Waals surface area contributed by atoms with Crippen molar-refractivity contribution in [3.8, 4) is 11.4 Å². The molecule has 6 nitrogen and oxygen atoms in total. The lowest BCUT2D eigenvalue weighted by atomic mass is 10.2. The summed E-state index contributed by atoms with van der Waals surface area (Å²) in [7, 11) is 3.48. The van der Waals surface area contributed by atoms with E-state index in [1.165, 1.54) is 12.4 Å². The summed E-state index contributed by atoms with van der Waals surface area (Å²) in [5, 5.41) is 0. The first kappa shape index (κ1) is 16.9. The topological polar surface area (TPSA) is 59.7 Å². The SMILES string of the molecule is CN(Cc1nccn1C)c1cc(C(F)(F)F)nc(-c2ccncc2)n1. The number of pyridine rings is 1. The molecular weight excluding hydrogens is 333 g/mol. The Kier molecular flexibility index (Phi) is 4.39. The average molecular weight is 348 g/mol. The molecule has 0 amide bonds. The molecular formula is C16H15F3N6. The zero-order valence-electron chi connectivity index (χ0n) is 13.6. The van der Waals surface area contributed by atoms with Gasteiger partial charge in [-0.25, -0.2) is 15.0 Å². The molecule has 0 fully saturated rings. The summed E-state index contributed by atoms with van der Waals surface area (Å²) < 4.78 is 41.5. The normalized spacial score (nSPS) is 11.6. The van der Waals surface area contributed by atoms with E-state index in [2.05, 4.69) is 19.9 Å². The van der Waals surface area contributed by atoms with E-state index in [9.17, 15) is 13.2 Å². The van der Waals surface area contributed by atoms with E-state index in [-0.39, 0.29) is 11.6 Å². The number of anilines is 1. The van der Waals surface area contributed by atoms with Gasteiger partial charge in [-0.3, -0.25) is 4.98 Å². The fraction of sp³-hybridized carbons (Fsp3) is 0.250. The fourth-order valence-corrected chi connectivity index (χ4v) is 2.25. The number of hydrogen-bond donors (Lipinski definition) is 0. The highest BCUT2D eigenvalue weighted by Gasteiger charge is 2.34. The van der Waals surface area contributed by atoms with Gasteiger partial charge < -0.3 is 9.47 Å². The molecule has 3 rings (SSSR count). The maximum Gasteiger partial charge on any atom is 0.433 e. The van der Waals surface area contributed by atoms with Crippen LogP contribution in [0.15, 0.2) is 43.0 Å². The molecule has 0 radical (unpaired) electrons. The third-order valence-electron chi connectivity index (χ3n) is 3.63. The van der Waals surface area contributed by atoms with E-state index in [0.29, 0.717) is 17.9 Å². The molecule has 0 saturated heterocycles. The highest BCUT2D eigenvalue weighted by Crippen LogP contribution is 2.31. The van der Waals surface area contributed by atoms with Crippen LogP contribution in [0.25, 0.3) is 11.4 Å². The summed E-state index contributed by atoms with van der Waals surface area (Å²) in [6.07, 6.45) is 1.80. The zero-order valence-corrected chi connectivity index (χ0v) is 13.6. The molecule has 0 atom stereocenters. The Morgan fingerprint density at radius 2 is 1.84 bits per heavy atom. The fourth-order valence-electron chi connectivity index (χ4n) is 2.25. The van der Waals surface area contributed by atoms with Gasteiger partial charge in [0.1, 0.15) is 11.6 Å². The van der Waals surface area contributed by atoms with Crippen LogP contribution in [0, 0.1) is 0 Å². The van der Waals surface area contributed by atoms with Crippen molar-refractivity contribution in [1.29, 1.82) is 0 Å². The van der Waals surface area contributed by atoms with E-state index in [0.717, 1.165) is 6.07 Å². The van der Waals surface area contributed by atoms with Gasteiger partial charge in [0.15, 0.2) is 11.5 Å². The van der Waals surface area contributed by atoms with Crippen molar-refractivity contribution in [1.82, 2.24) is 24.5 Å². The Hall–Kier alpha value is -2.97. The maximum atomic E-state index is 13.2. The van der Waals surface area contributed by atoms with E-state index >= 15 is 0 Å². The molecule has 0 N–H and O–H groups in total. The van der Waals surface area contributed by atoms with E-state index < -0.39 is 11.9 Å². The Bertz CT molecular complexity index is 860. The van der Waals surface area contributed by atoms with Crippen LogP contribution in [-0.2, 0) is 19.8 Å². The summed E-state index contributed by atoms with van der Waals surface area (Å²) in [4.78, 5) is 17.6. The number of alkyl halides is 3. The number of imidazole rings is 1. The second kappa shape index (κ2) is 6.50. The van der Waals surface area contributed by atoms with Crippen molar-refractivity contribution in [2.45, 2.75) is 12.7 Å². The Labute approximate surface area is 142 Å². The molecule has 9 heteroatoms. The van der Waals surface area contributed by atoms with Crippen molar-refractivity contribution < 1.29 is 13.2 Å². The Morgan fingerprint density at radius 3 is 2.44 bits per heavy atom. The van der Waals surface area contributed by atoms with Crippen molar-refractivity contribution in [2.75, 3.05) is 11.9 Å². The van der Waals surface area contributed by atoms with Crippen LogP contribution < -0.4 is 4.90 Å². The summed E-state index contributed by atoms with van der Waals surface area (Å²) in [5.74, 6) is 0.871. The zero-order chi connectivity index (χ0) is 18.0. The molecule has 3 aromatic heterocycles. The molecule has 130 valence electrons. The van der Waals surface area contributed by atoms with Crippen LogP contribution in [0.5, 0.6) is 0 Å². The van der Waals surface area contributed by atoms with Crippen molar-refractivity contribution >= 4 is 5.82 Å². The van der Waals surface area contributed by atoms with Crippen LogP contribution in [0.3, 0.4) is 0 Å². The van der Waals surface area contributed by atoms with Crippen molar-refractivity contribution in [2.24, 2.45) is 7.05 Å². The van der Waals surface area contributed by atoms with Crippen LogP contribution in [0.1, 0.15) is 11.5 Å². The number of nitrogens with zero attached hydrogens (tertiary/aromatic N) is 6. The van der Waals surface area contributed by atoms with Crippen LogP contribution >= 0.6 is 0 Å². The maximum absolute atomic E-state index is 13.2. The number of rotatable bonds is 4. The van der Waals surface area contributed by atoms with Gasteiger partial charge in [0.25, 0.3) is 0 Å². The highest BCUT2D eigenvalue weighted by molar-refractivity contribution is 5.57. The minimum absolute atomic E-state index is 0.00100. The molecule has 25 heavy (non-hydrogen) atoms. The first-order chi connectivity index (χ1) is 11.8.